The minimum Gasteiger partial charge on any atom is -0.481 e. The third kappa shape index (κ3) is 3.61. The Kier molecular flexibility index (Phi) is 4.88. The number of carboxylic acid groups (broad SMARTS) is 1. The number of carbonyl (C=O) groups excluding carboxylic acids is 1. The number of rotatable bonds is 5. The fourth-order valence-electron chi connectivity index (χ4n) is 3.65. The van der Waals surface area contributed by atoms with E-state index in [0.717, 1.165) is 36.0 Å². The van der Waals surface area contributed by atoms with Gasteiger partial charge >= 0.3 is 5.97 Å². The third-order valence-corrected chi connectivity index (χ3v) is 4.95. The molecule has 5 nitrogen and oxygen atoms in total. The number of carbonyl (C=O) groups is 2. The van der Waals surface area contributed by atoms with Crippen LogP contribution >= 0.6 is 0 Å². The molecule has 1 atom stereocenters. The van der Waals surface area contributed by atoms with Gasteiger partial charge in [0.05, 0.1) is 0 Å². The zero-order valence-corrected chi connectivity index (χ0v) is 14.1. The molecule has 1 amide bonds. The molecule has 5 heteroatoms. The predicted molar refractivity (Wildman–Crippen MR) is 92.8 cm³/mol. The largest absolute Gasteiger partial charge is 0.481 e. The lowest BCUT2D eigenvalue weighted by Gasteiger charge is -2.33. The topological polar surface area (TPSA) is 62.5 Å². The highest BCUT2D eigenvalue weighted by Gasteiger charge is 2.24. The van der Waals surface area contributed by atoms with Crippen molar-refractivity contribution in [2.24, 2.45) is 5.92 Å². The van der Waals surface area contributed by atoms with Crippen molar-refractivity contribution in [3.8, 4) is 0 Å². The molecule has 3 rings (SSSR count). The number of hydrogen-bond donors (Lipinski definition) is 1. The van der Waals surface area contributed by atoms with Crippen molar-refractivity contribution in [2.45, 2.75) is 39.2 Å². The van der Waals surface area contributed by atoms with E-state index in [-0.39, 0.29) is 12.3 Å². The molecule has 1 saturated heterocycles. The third-order valence-electron chi connectivity index (χ3n) is 4.95. The normalized spacial score (nSPS) is 18.0. The molecule has 128 valence electrons. The molecule has 1 aliphatic heterocycles. The van der Waals surface area contributed by atoms with Crippen LogP contribution in [0.4, 0.5) is 0 Å². The minimum absolute atomic E-state index is 0.125. The maximum Gasteiger partial charge on any atom is 0.303 e. The summed E-state index contributed by atoms with van der Waals surface area (Å²) in [6, 6.07) is 10.2. The van der Waals surface area contributed by atoms with Gasteiger partial charge in [-0.1, -0.05) is 18.2 Å². The average Bonchev–Trinajstić information content (AvgIpc) is 2.89. The number of fused-ring (bicyclic) bond motifs is 1. The molecule has 1 aliphatic rings. The van der Waals surface area contributed by atoms with Gasteiger partial charge in [0.2, 0.25) is 5.91 Å². The van der Waals surface area contributed by atoms with Gasteiger partial charge in [-0.3, -0.25) is 9.59 Å². The molecule has 1 N–H and O–H groups in total. The lowest BCUT2D eigenvalue weighted by molar-refractivity contribution is -0.137. The van der Waals surface area contributed by atoms with E-state index < -0.39 is 5.97 Å². The summed E-state index contributed by atoms with van der Waals surface area (Å²) in [5.41, 5.74) is 2.17. The first kappa shape index (κ1) is 16.6. The number of aryl methyl sites for hydroxylation is 1. The van der Waals surface area contributed by atoms with Gasteiger partial charge in [-0.15, -0.1) is 0 Å². The lowest BCUT2D eigenvalue weighted by atomic mass is 9.93. The van der Waals surface area contributed by atoms with Crippen molar-refractivity contribution in [2.75, 3.05) is 13.1 Å². The Balaban J connectivity index is 1.67. The fraction of sp³-hybridized carbons (Fsp3) is 0.474. The molecule has 24 heavy (non-hydrogen) atoms. The van der Waals surface area contributed by atoms with Crippen LogP contribution in [-0.4, -0.2) is 39.5 Å². The van der Waals surface area contributed by atoms with Crippen LogP contribution in [0.3, 0.4) is 0 Å². The Bertz CT molecular complexity index is 750. The molecule has 1 fully saturated rings. The Morgan fingerprint density at radius 3 is 2.88 bits per heavy atom. The first-order valence-electron chi connectivity index (χ1n) is 8.59. The molecule has 0 bridgehead atoms. The van der Waals surface area contributed by atoms with Crippen molar-refractivity contribution in [3.63, 3.8) is 0 Å². The molecule has 0 unspecified atom stereocenters. The Morgan fingerprint density at radius 2 is 2.08 bits per heavy atom. The molecule has 1 aromatic carbocycles. The van der Waals surface area contributed by atoms with Gasteiger partial charge in [0.1, 0.15) is 6.54 Å². The van der Waals surface area contributed by atoms with Crippen molar-refractivity contribution in [1.82, 2.24) is 9.47 Å². The van der Waals surface area contributed by atoms with Crippen LogP contribution < -0.4 is 0 Å². The van der Waals surface area contributed by atoms with E-state index in [9.17, 15) is 9.59 Å². The van der Waals surface area contributed by atoms with E-state index in [1.165, 1.54) is 0 Å². The fourth-order valence-corrected chi connectivity index (χ4v) is 3.65. The molecule has 0 radical (unpaired) electrons. The van der Waals surface area contributed by atoms with Crippen LogP contribution in [0.1, 0.15) is 31.4 Å². The standard InChI is InChI=1S/C19H24N2O3/c1-14-11-16-6-2-3-7-17(16)21(14)13-18(22)20-10-4-5-15(12-20)8-9-19(23)24/h2-3,6-7,11,15H,4-5,8-10,12-13H2,1H3,(H,23,24)/t15-/m0/s1. The quantitative estimate of drug-likeness (QED) is 0.917. The molecule has 1 aromatic heterocycles. The van der Waals surface area contributed by atoms with E-state index >= 15 is 0 Å². The number of carboxylic acids is 1. The highest BCUT2D eigenvalue weighted by molar-refractivity contribution is 5.84. The van der Waals surface area contributed by atoms with Crippen LogP contribution in [0.2, 0.25) is 0 Å². The van der Waals surface area contributed by atoms with Gasteiger partial charge in [0.15, 0.2) is 0 Å². The SMILES string of the molecule is Cc1cc2ccccc2n1CC(=O)N1CCC[C@@H](CCC(=O)O)C1. The monoisotopic (exact) mass is 328 g/mol. The maximum absolute atomic E-state index is 12.7. The number of hydrogen-bond acceptors (Lipinski definition) is 2. The molecule has 2 heterocycles. The van der Waals surface area contributed by atoms with Crippen LogP contribution in [0, 0.1) is 12.8 Å². The highest BCUT2D eigenvalue weighted by Crippen LogP contribution is 2.23. The molecule has 2 aromatic rings. The molecule has 0 spiro atoms. The number of aromatic nitrogens is 1. The minimum atomic E-state index is -0.757. The number of piperidine rings is 1. The zero-order chi connectivity index (χ0) is 17.1. The molecular formula is C19H24N2O3. The number of amides is 1. The smallest absolute Gasteiger partial charge is 0.303 e. The lowest BCUT2D eigenvalue weighted by Crippen LogP contribution is -2.41. The Morgan fingerprint density at radius 1 is 1.29 bits per heavy atom. The molecule has 0 aliphatic carbocycles. The summed E-state index contributed by atoms with van der Waals surface area (Å²) in [7, 11) is 0. The van der Waals surface area contributed by atoms with E-state index in [0.29, 0.717) is 25.4 Å². The summed E-state index contributed by atoms with van der Waals surface area (Å²) in [6.45, 7) is 3.84. The van der Waals surface area contributed by atoms with Gasteiger partial charge in [-0.2, -0.15) is 0 Å². The molecule has 0 saturated carbocycles. The number of likely N-dealkylation sites (tertiary alicyclic amines) is 1. The van der Waals surface area contributed by atoms with E-state index in [1.807, 2.05) is 30.0 Å². The summed E-state index contributed by atoms with van der Waals surface area (Å²) in [4.78, 5) is 25.4. The second kappa shape index (κ2) is 7.07. The second-order valence-electron chi connectivity index (χ2n) is 6.71. The van der Waals surface area contributed by atoms with E-state index in [2.05, 4.69) is 16.7 Å². The highest BCUT2D eigenvalue weighted by atomic mass is 16.4. The van der Waals surface area contributed by atoms with Crippen molar-refractivity contribution >= 4 is 22.8 Å². The number of nitrogens with zero attached hydrogens (tertiary/aromatic N) is 2. The van der Waals surface area contributed by atoms with Crippen LogP contribution in [-0.2, 0) is 16.1 Å². The van der Waals surface area contributed by atoms with Gasteiger partial charge < -0.3 is 14.6 Å². The van der Waals surface area contributed by atoms with Gasteiger partial charge in [-0.05, 0) is 49.6 Å². The van der Waals surface area contributed by atoms with E-state index in [4.69, 9.17) is 5.11 Å². The molecular weight excluding hydrogens is 304 g/mol. The first-order valence-corrected chi connectivity index (χ1v) is 8.59. The van der Waals surface area contributed by atoms with Gasteiger partial charge in [0.25, 0.3) is 0 Å². The summed E-state index contributed by atoms with van der Waals surface area (Å²) in [5, 5.41) is 9.99. The first-order chi connectivity index (χ1) is 11.5. The van der Waals surface area contributed by atoms with Crippen molar-refractivity contribution < 1.29 is 14.7 Å². The zero-order valence-electron chi connectivity index (χ0n) is 14.1. The maximum atomic E-state index is 12.7. The van der Waals surface area contributed by atoms with E-state index in [1.54, 1.807) is 0 Å². The van der Waals surface area contributed by atoms with Gasteiger partial charge in [0, 0.05) is 30.7 Å². The van der Waals surface area contributed by atoms with Crippen molar-refractivity contribution in [3.05, 3.63) is 36.0 Å². The average molecular weight is 328 g/mol. The predicted octanol–water partition coefficient (Wildman–Crippen LogP) is 3.05. The Labute approximate surface area is 141 Å². The number of aliphatic carboxylic acids is 1. The summed E-state index contributed by atoms with van der Waals surface area (Å²) >= 11 is 0. The Hall–Kier alpha value is -2.30. The summed E-state index contributed by atoms with van der Waals surface area (Å²) in [6.07, 6.45) is 2.82. The van der Waals surface area contributed by atoms with Crippen LogP contribution in [0.5, 0.6) is 0 Å². The number of benzene rings is 1. The number of para-hydroxylation sites is 1. The van der Waals surface area contributed by atoms with Crippen LogP contribution in [0.25, 0.3) is 10.9 Å². The van der Waals surface area contributed by atoms with Crippen molar-refractivity contribution in [1.29, 1.82) is 0 Å². The summed E-state index contributed by atoms with van der Waals surface area (Å²) in [5.74, 6) is -0.325. The summed E-state index contributed by atoms with van der Waals surface area (Å²) < 4.78 is 2.07. The second-order valence-corrected chi connectivity index (χ2v) is 6.71. The van der Waals surface area contributed by atoms with Crippen LogP contribution in [0.15, 0.2) is 30.3 Å². The van der Waals surface area contributed by atoms with Gasteiger partial charge in [-0.25, -0.2) is 0 Å².